The van der Waals surface area contributed by atoms with Crippen molar-refractivity contribution in [2.75, 3.05) is 14.2 Å². The maximum Gasteiger partial charge on any atom is 0.434 e. The van der Waals surface area contributed by atoms with Crippen molar-refractivity contribution in [1.82, 2.24) is 20.2 Å². The molecule has 164 valence electrons. The topological polar surface area (TPSA) is 103 Å². The molecule has 9 nitrogen and oxygen atoms in total. The Kier molecular flexibility index (Phi) is 5.41. The number of benzene rings is 2. The van der Waals surface area contributed by atoms with Crippen LogP contribution in [0.2, 0.25) is 0 Å². The number of carbonyl (C=O) groups excluding carboxylic acids is 1. The fourth-order valence-corrected chi connectivity index (χ4v) is 4.23. The predicted molar refractivity (Wildman–Crippen MR) is 117 cm³/mol. The Labute approximate surface area is 191 Å². The molecule has 1 aliphatic rings. The predicted octanol–water partition coefficient (Wildman–Crippen LogP) is 4.73. The molecular formula is C22H19BrN4O5. The molecule has 3 heterocycles. The van der Waals surface area contributed by atoms with Crippen molar-refractivity contribution in [3.8, 4) is 11.5 Å². The van der Waals surface area contributed by atoms with Crippen LogP contribution in [0.15, 0.2) is 51.5 Å². The monoisotopic (exact) mass is 498 g/mol. The second-order valence-electron chi connectivity index (χ2n) is 7.25. The molecule has 2 aromatic carbocycles. The molecule has 4 aromatic rings. The lowest BCUT2D eigenvalue weighted by Crippen LogP contribution is -2.38. The Balaban J connectivity index is 1.56. The fraction of sp³-hybridized carbons (Fsp3) is 0.227. The number of amides is 1. The smallest absolute Gasteiger partial charge is 0.434 e. The van der Waals surface area contributed by atoms with Crippen LogP contribution in [0.5, 0.6) is 0 Å². The highest BCUT2D eigenvalue weighted by atomic mass is 79.9. The molecule has 5 rings (SSSR count). The van der Waals surface area contributed by atoms with Gasteiger partial charge < -0.3 is 19.0 Å². The maximum absolute atomic E-state index is 12.5. The molecule has 1 atom stereocenters. The van der Waals surface area contributed by atoms with Crippen LogP contribution in [0.1, 0.15) is 28.7 Å². The first-order valence-corrected chi connectivity index (χ1v) is 10.6. The second kappa shape index (κ2) is 8.38. The number of nitrogens with zero attached hydrogens (tertiary/aromatic N) is 3. The number of hydrogen-bond donors (Lipinski definition) is 1. The average molecular weight is 499 g/mol. The summed E-state index contributed by atoms with van der Waals surface area (Å²) in [5.74, 6) is 0.863. The van der Waals surface area contributed by atoms with Gasteiger partial charge in [-0.2, -0.15) is 10.0 Å². The molecule has 1 aliphatic heterocycles. The molecule has 0 radical (unpaired) electrons. The largest absolute Gasteiger partial charge is 0.451 e. The van der Waals surface area contributed by atoms with Crippen molar-refractivity contribution in [2.24, 2.45) is 0 Å². The summed E-state index contributed by atoms with van der Waals surface area (Å²) >= 11 is 3.53. The Morgan fingerprint density at radius 1 is 1.25 bits per heavy atom. The van der Waals surface area contributed by atoms with Gasteiger partial charge in [0.15, 0.2) is 5.82 Å². The van der Waals surface area contributed by atoms with Crippen molar-refractivity contribution >= 4 is 32.9 Å². The number of nitrogens with one attached hydrogen (secondary N) is 1. The molecule has 0 fully saturated rings. The summed E-state index contributed by atoms with van der Waals surface area (Å²) in [6, 6.07) is 13.0. The van der Waals surface area contributed by atoms with Gasteiger partial charge in [-0.3, -0.25) is 4.84 Å². The van der Waals surface area contributed by atoms with Crippen molar-refractivity contribution < 1.29 is 23.6 Å². The Bertz CT molecular complexity index is 1280. The first-order chi connectivity index (χ1) is 15.6. The highest BCUT2D eigenvalue weighted by molar-refractivity contribution is 9.10. The first-order valence-electron chi connectivity index (χ1n) is 9.81. The van der Waals surface area contributed by atoms with Gasteiger partial charge in [0.25, 0.3) is 5.89 Å². The van der Waals surface area contributed by atoms with Crippen LogP contribution in [0, 0.1) is 0 Å². The van der Waals surface area contributed by atoms with Crippen LogP contribution in [0.25, 0.3) is 22.4 Å². The van der Waals surface area contributed by atoms with Crippen molar-refractivity contribution in [3.05, 3.63) is 69.6 Å². The Hall–Kier alpha value is -3.21. The number of H-pyrrole nitrogens is 1. The van der Waals surface area contributed by atoms with Gasteiger partial charge in [0.2, 0.25) is 0 Å². The number of methoxy groups -OCH3 is 2. The molecule has 0 spiro atoms. The van der Waals surface area contributed by atoms with Crippen molar-refractivity contribution in [2.45, 2.75) is 19.3 Å². The molecule has 2 aromatic heterocycles. The molecule has 1 amide bonds. The van der Waals surface area contributed by atoms with Crippen LogP contribution < -0.4 is 0 Å². The van der Waals surface area contributed by atoms with E-state index in [1.807, 2.05) is 42.5 Å². The van der Waals surface area contributed by atoms with Gasteiger partial charge in [-0.25, -0.2) is 4.79 Å². The fourth-order valence-electron chi connectivity index (χ4n) is 3.87. The molecule has 1 unspecified atom stereocenters. The van der Waals surface area contributed by atoms with E-state index >= 15 is 0 Å². The van der Waals surface area contributed by atoms with E-state index in [9.17, 15) is 4.79 Å². The lowest BCUT2D eigenvalue weighted by atomic mass is 9.97. The number of fused-ring (bicyclic) bond motifs is 3. The quantitative estimate of drug-likeness (QED) is 0.433. The van der Waals surface area contributed by atoms with E-state index in [1.165, 1.54) is 12.2 Å². The number of hydrogen-bond acceptors (Lipinski definition) is 7. The number of hydroxylamine groups is 2. The first kappa shape index (κ1) is 20.7. The molecule has 0 saturated heterocycles. The highest BCUT2D eigenvalue weighted by Gasteiger charge is 2.36. The number of rotatable bonds is 4. The molecule has 0 aliphatic carbocycles. The van der Waals surface area contributed by atoms with E-state index in [0.29, 0.717) is 11.7 Å². The molecular weight excluding hydrogens is 480 g/mol. The number of carbonyl (C=O) groups is 1. The maximum atomic E-state index is 12.5. The summed E-state index contributed by atoms with van der Waals surface area (Å²) in [6.07, 6.45) is -0.578. The average Bonchev–Trinajstić information content (AvgIpc) is 3.43. The van der Waals surface area contributed by atoms with E-state index < -0.39 is 12.1 Å². The second-order valence-corrected chi connectivity index (χ2v) is 8.17. The van der Waals surface area contributed by atoms with Crippen LogP contribution in [-0.2, 0) is 27.5 Å². The molecule has 0 saturated carbocycles. The lowest BCUT2D eigenvalue weighted by Gasteiger charge is -2.33. The minimum absolute atomic E-state index is 0.250. The zero-order valence-electron chi connectivity index (χ0n) is 17.3. The highest BCUT2D eigenvalue weighted by Crippen LogP contribution is 2.40. The summed E-state index contributed by atoms with van der Waals surface area (Å²) in [4.78, 5) is 26.1. The van der Waals surface area contributed by atoms with E-state index in [-0.39, 0.29) is 13.2 Å². The number of halogens is 1. The van der Waals surface area contributed by atoms with E-state index in [0.717, 1.165) is 37.8 Å². The van der Waals surface area contributed by atoms with Crippen LogP contribution in [0.4, 0.5) is 4.79 Å². The minimum atomic E-state index is -0.578. The normalized spacial score (nSPS) is 15.7. The van der Waals surface area contributed by atoms with E-state index in [1.54, 1.807) is 7.11 Å². The van der Waals surface area contributed by atoms with Gasteiger partial charge in [-0.15, -0.1) is 0 Å². The van der Waals surface area contributed by atoms with Crippen LogP contribution >= 0.6 is 15.9 Å². The van der Waals surface area contributed by atoms with Gasteiger partial charge in [0.05, 0.1) is 12.8 Å². The van der Waals surface area contributed by atoms with Gasteiger partial charge >= 0.3 is 6.09 Å². The number of aromatic nitrogens is 3. The molecule has 32 heavy (non-hydrogen) atoms. The third kappa shape index (κ3) is 3.56. The number of aromatic amines is 1. The van der Waals surface area contributed by atoms with Crippen LogP contribution in [-0.4, -0.2) is 40.5 Å². The van der Waals surface area contributed by atoms with Gasteiger partial charge in [0, 0.05) is 33.6 Å². The summed E-state index contributed by atoms with van der Waals surface area (Å²) in [6.45, 7) is 0.522. The molecule has 0 bridgehead atoms. The number of ether oxygens (including phenoxy) is 2. The molecule has 1 N–H and O–H groups in total. The minimum Gasteiger partial charge on any atom is -0.451 e. The zero-order chi connectivity index (χ0) is 22.2. The molecule has 10 heteroatoms. The van der Waals surface area contributed by atoms with Crippen molar-refractivity contribution in [3.63, 3.8) is 0 Å². The van der Waals surface area contributed by atoms with Gasteiger partial charge in [-0.1, -0.05) is 33.2 Å². The zero-order valence-corrected chi connectivity index (χ0v) is 18.9. The third-order valence-electron chi connectivity index (χ3n) is 5.33. The standard InChI is InChI=1S/C22H19BrN4O5/c1-29-11-18-25-21(32-26-18)13-5-3-12(4-6-13)20-19-16(10-31-27(20)22(28)30-2)15-9-14(23)7-8-17(15)24-19/h3-9,20,24H,10-11H2,1-2H3. The SMILES string of the molecule is COCc1noc(-c2ccc(C3c4[nH]c5ccc(Br)cc5c4CON3C(=O)OC)cc2)n1. The van der Waals surface area contributed by atoms with Crippen LogP contribution in [0.3, 0.4) is 0 Å². The Morgan fingerprint density at radius 3 is 2.81 bits per heavy atom. The summed E-state index contributed by atoms with van der Waals surface area (Å²) in [5.41, 5.74) is 4.43. The van der Waals surface area contributed by atoms with E-state index in [4.69, 9.17) is 18.8 Å². The summed E-state index contributed by atoms with van der Waals surface area (Å²) in [5, 5.41) is 6.19. The Morgan fingerprint density at radius 2 is 2.06 bits per heavy atom. The van der Waals surface area contributed by atoms with E-state index in [2.05, 4.69) is 31.1 Å². The van der Waals surface area contributed by atoms with Gasteiger partial charge in [0.1, 0.15) is 19.3 Å². The lowest BCUT2D eigenvalue weighted by molar-refractivity contribution is -0.173. The summed E-state index contributed by atoms with van der Waals surface area (Å²) in [7, 11) is 2.90. The third-order valence-corrected chi connectivity index (χ3v) is 5.82. The van der Waals surface area contributed by atoms with Crippen molar-refractivity contribution in [1.29, 1.82) is 0 Å². The summed E-state index contributed by atoms with van der Waals surface area (Å²) < 4.78 is 16.3. The van der Waals surface area contributed by atoms with Gasteiger partial charge in [-0.05, 0) is 35.9 Å².